The summed E-state index contributed by atoms with van der Waals surface area (Å²) in [6.07, 6.45) is 3.40. The van der Waals surface area contributed by atoms with Crippen LogP contribution in [0.3, 0.4) is 0 Å². The van der Waals surface area contributed by atoms with Gasteiger partial charge in [0, 0.05) is 38.6 Å². The molecule has 0 radical (unpaired) electrons. The van der Waals surface area contributed by atoms with Crippen LogP contribution in [0.25, 0.3) is 0 Å². The van der Waals surface area contributed by atoms with Gasteiger partial charge in [-0.1, -0.05) is 17.7 Å². The number of carbonyl (C=O) groups is 1. The van der Waals surface area contributed by atoms with Crippen LogP contribution in [0, 0.1) is 0 Å². The fourth-order valence-electron chi connectivity index (χ4n) is 2.76. The Balaban J connectivity index is 1.56. The lowest BCUT2D eigenvalue weighted by Gasteiger charge is -2.37. The molecule has 1 amide bonds. The van der Waals surface area contributed by atoms with Gasteiger partial charge in [-0.3, -0.25) is 9.69 Å². The normalized spacial score (nSPS) is 16.7. The van der Waals surface area contributed by atoms with E-state index < -0.39 is 0 Å². The Hall–Kier alpha value is -2.18. The van der Waals surface area contributed by atoms with Crippen molar-refractivity contribution in [2.75, 3.05) is 36.4 Å². The van der Waals surface area contributed by atoms with Gasteiger partial charge in [0.2, 0.25) is 5.91 Å². The number of carbonyl (C=O) groups excluding carboxylic acids is 1. The van der Waals surface area contributed by atoms with Crippen molar-refractivity contribution in [1.82, 2.24) is 14.9 Å². The molecule has 1 atom stereocenters. The van der Waals surface area contributed by atoms with Gasteiger partial charge in [0.25, 0.3) is 0 Å². The van der Waals surface area contributed by atoms with Crippen molar-refractivity contribution >= 4 is 29.0 Å². The standard InChI is InChI=1S/C17H20ClN5O/c1-13(17(24)21-14-5-4-8-20-16(14)18)22-9-11-23(12-10-22)15-6-2-3-7-19-15/h2-8,13H,9-12H2,1H3,(H,21,24)/t13-/m1/s1. The summed E-state index contributed by atoms with van der Waals surface area (Å²) in [7, 11) is 0. The molecular weight excluding hydrogens is 326 g/mol. The molecule has 126 valence electrons. The van der Waals surface area contributed by atoms with Gasteiger partial charge in [-0.25, -0.2) is 9.97 Å². The molecule has 0 unspecified atom stereocenters. The fourth-order valence-corrected chi connectivity index (χ4v) is 2.93. The first-order valence-electron chi connectivity index (χ1n) is 7.96. The molecule has 1 N–H and O–H groups in total. The van der Waals surface area contributed by atoms with Crippen LogP contribution in [0.1, 0.15) is 6.92 Å². The maximum atomic E-state index is 12.5. The highest BCUT2D eigenvalue weighted by Gasteiger charge is 2.26. The van der Waals surface area contributed by atoms with Crippen molar-refractivity contribution in [1.29, 1.82) is 0 Å². The number of rotatable bonds is 4. The average Bonchev–Trinajstić information content (AvgIpc) is 2.64. The molecule has 0 aromatic carbocycles. The number of piperazine rings is 1. The van der Waals surface area contributed by atoms with Gasteiger partial charge in [0.05, 0.1) is 11.7 Å². The molecule has 2 aromatic rings. The van der Waals surface area contributed by atoms with E-state index >= 15 is 0 Å². The van der Waals surface area contributed by atoms with E-state index in [1.165, 1.54) is 0 Å². The molecule has 0 bridgehead atoms. The monoisotopic (exact) mass is 345 g/mol. The molecule has 3 heterocycles. The van der Waals surface area contributed by atoms with Crippen LogP contribution >= 0.6 is 11.6 Å². The molecule has 2 aromatic heterocycles. The third-order valence-electron chi connectivity index (χ3n) is 4.23. The van der Waals surface area contributed by atoms with Crippen LogP contribution in [0.4, 0.5) is 11.5 Å². The summed E-state index contributed by atoms with van der Waals surface area (Å²) in [5, 5.41) is 3.15. The van der Waals surface area contributed by atoms with E-state index in [0.717, 1.165) is 32.0 Å². The van der Waals surface area contributed by atoms with Crippen LogP contribution in [-0.4, -0.2) is 53.0 Å². The molecule has 6 nitrogen and oxygen atoms in total. The topological polar surface area (TPSA) is 61.4 Å². The Bertz CT molecular complexity index is 688. The van der Waals surface area contributed by atoms with E-state index in [2.05, 4.69) is 25.1 Å². The molecule has 1 saturated heterocycles. The number of hydrogen-bond donors (Lipinski definition) is 1. The maximum Gasteiger partial charge on any atom is 0.241 e. The Morgan fingerprint density at radius 1 is 1.12 bits per heavy atom. The smallest absolute Gasteiger partial charge is 0.241 e. The first kappa shape index (κ1) is 16.7. The lowest BCUT2D eigenvalue weighted by atomic mass is 10.2. The zero-order valence-electron chi connectivity index (χ0n) is 13.5. The summed E-state index contributed by atoms with van der Waals surface area (Å²) in [6.45, 7) is 5.23. The van der Waals surface area contributed by atoms with Gasteiger partial charge in [-0.05, 0) is 31.2 Å². The molecule has 1 aliphatic rings. The summed E-state index contributed by atoms with van der Waals surface area (Å²) in [4.78, 5) is 25.2. The molecule has 24 heavy (non-hydrogen) atoms. The van der Waals surface area contributed by atoms with Gasteiger partial charge >= 0.3 is 0 Å². The lowest BCUT2D eigenvalue weighted by Crippen LogP contribution is -2.53. The number of pyridine rings is 2. The van der Waals surface area contributed by atoms with Gasteiger partial charge in [0.15, 0.2) is 5.15 Å². The van der Waals surface area contributed by atoms with E-state index in [9.17, 15) is 4.79 Å². The minimum absolute atomic E-state index is 0.0730. The van der Waals surface area contributed by atoms with Crippen LogP contribution in [-0.2, 0) is 4.79 Å². The van der Waals surface area contributed by atoms with Crippen molar-refractivity contribution in [3.8, 4) is 0 Å². The maximum absolute atomic E-state index is 12.5. The fraction of sp³-hybridized carbons (Fsp3) is 0.353. The Labute approximate surface area is 146 Å². The number of aromatic nitrogens is 2. The Morgan fingerprint density at radius 3 is 2.54 bits per heavy atom. The Morgan fingerprint density at radius 2 is 1.88 bits per heavy atom. The molecule has 3 rings (SSSR count). The predicted molar refractivity (Wildman–Crippen MR) is 95.4 cm³/mol. The summed E-state index contributed by atoms with van der Waals surface area (Å²) in [6, 6.07) is 9.18. The largest absolute Gasteiger partial charge is 0.354 e. The molecule has 0 saturated carbocycles. The minimum atomic E-state index is -0.229. The van der Waals surface area contributed by atoms with Crippen molar-refractivity contribution in [3.05, 3.63) is 47.9 Å². The third kappa shape index (κ3) is 3.83. The highest BCUT2D eigenvalue weighted by atomic mass is 35.5. The van der Waals surface area contributed by atoms with E-state index in [4.69, 9.17) is 11.6 Å². The molecule has 0 spiro atoms. The summed E-state index contributed by atoms with van der Waals surface area (Å²) in [5.74, 6) is 0.910. The molecule has 1 fully saturated rings. The minimum Gasteiger partial charge on any atom is -0.354 e. The van der Waals surface area contributed by atoms with Crippen LogP contribution < -0.4 is 10.2 Å². The quantitative estimate of drug-likeness (QED) is 0.861. The molecule has 1 aliphatic heterocycles. The number of hydrogen-bond acceptors (Lipinski definition) is 5. The van der Waals surface area contributed by atoms with E-state index in [-0.39, 0.29) is 11.9 Å². The van der Waals surface area contributed by atoms with E-state index in [1.807, 2.05) is 25.1 Å². The zero-order valence-corrected chi connectivity index (χ0v) is 14.3. The zero-order chi connectivity index (χ0) is 16.9. The second kappa shape index (κ2) is 7.59. The summed E-state index contributed by atoms with van der Waals surface area (Å²) < 4.78 is 0. The highest BCUT2D eigenvalue weighted by molar-refractivity contribution is 6.32. The molecule has 7 heteroatoms. The SMILES string of the molecule is C[C@H](C(=O)Nc1cccnc1Cl)N1CCN(c2ccccn2)CC1. The predicted octanol–water partition coefficient (Wildman–Crippen LogP) is 2.28. The van der Waals surface area contributed by atoms with Gasteiger partial charge in [-0.2, -0.15) is 0 Å². The summed E-state index contributed by atoms with van der Waals surface area (Å²) in [5.41, 5.74) is 0.545. The first-order chi connectivity index (χ1) is 11.6. The van der Waals surface area contributed by atoms with Gasteiger partial charge in [-0.15, -0.1) is 0 Å². The van der Waals surface area contributed by atoms with Crippen LogP contribution in [0.2, 0.25) is 5.15 Å². The number of nitrogens with one attached hydrogen (secondary N) is 1. The Kier molecular flexibility index (Phi) is 5.27. The van der Waals surface area contributed by atoms with Crippen molar-refractivity contribution in [3.63, 3.8) is 0 Å². The number of nitrogens with zero attached hydrogens (tertiary/aromatic N) is 4. The average molecular weight is 346 g/mol. The van der Waals surface area contributed by atoms with Crippen LogP contribution in [0.5, 0.6) is 0 Å². The third-order valence-corrected chi connectivity index (χ3v) is 4.53. The lowest BCUT2D eigenvalue weighted by molar-refractivity contribution is -0.120. The van der Waals surface area contributed by atoms with Gasteiger partial charge < -0.3 is 10.2 Å². The number of halogens is 1. The van der Waals surface area contributed by atoms with E-state index in [0.29, 0.717) is 10.8 Å². The number of anilines is 2. The summed E-state index contributed by atoms with van der Waals surface area (Å²) >= 11 is 5.99. The second-order valence-corrected chi connectivity index (χ2v) is 6.08. The highest BCUT2D eigenvalue weighted by Crippen LogP contribution is 2.19. The van der Waals surface area contributed by atoms with Crippen molar-refractivity contribution in [2.45, 2.75) is 13.0 Å². The van der Waals surface area contributed by atoms with Crippen LogP contribution in [0.15, 0.2) is 42.7 Å². The molecular formula is C17H20ClN5O. The number of amides is 1. The van der Waals surface area contributed by atoms with Gasteiger partial charge in [0.1, 0.15) is 5.82 Å². The van der Waals surface area contributed by atoms with Crippen molar-refractivity contribution < 1.29 is 4.79 Å². The first-order valence-corrected chi connectivity index (χ1v) is 8.34. The van der Waals surface area contributed by atoms with E-state index in [1.54, 1.807) is 24.5 Å². The second-order valence-electron chi connectivity index (χ2n) is 5.72. The van der Waals surface area contributed by atoms with Crippen molar-refractivity contribution in [2.24, 2.45) is 0 Å². The molecule has 0 aliphatic carbocycles.